The van der Waals surface area contributed by atoms with E-state index >= 15 is 0 Å². The van der Waals surface area contributed by atoms with Crippen LogP contribution in [0.1, 0.15) is 0 Å². The lowest BCUT2D eigenvalue weighted by atomic mass is 10.3. The highest BCUT2D eigenvalue weighted by Gasteiger charge is 2.03. The topological polar surface area (TPSA) is 56.8 Å². The van der Waals surface area contributed by atoms with Crippen LogP contribution in [0.15, 0.2) is 18.2 Å². The van der Waals surface area contributed by atoms with Gasteiger partial charge in [-0.05, 0) is 38.4 Å². The number of hydrogen-bond donors (Lipinski definition) is 3. The predicted molar refractivity (Wildman–Crippen MR) is 77.4 cm³/mol. The van der Waals surface area contributed by atoms with Crippen molar-refractivity contribution in [2.75, 3.05) is 39.6 Å². The van der Waals surface area contributed by atoms with Gasteiger partial charge in [-0.3, -0.25) is 0 Å². The van der Waals surface area contributed by atoms with Crippen molar-refractivity contribution in [2.24, 2.45) is 0 Å². The van der Waals surface area contributed by atoms with Crippen molar-refractivity contribution in [3.05, 3.63) is 18.2 Å². The quantitative estimate of drug-likeness (QED) is 0.700. The van der Waals surface area contributed by atoms with Gasteiger partial charge >= 0.3 is 0 Å². The number of phenolic OH excluding ortho intramolecular Hbond substituents is 1. The molecule has 0 fully saturated rings. The molecule has 0 heterocycles. The maximum absolute atomic E-state index is 9.62. The maximum Gasteiger partial charge on any atom is 0.170 e. The standard InChI is InChI=1S/C12H19N3O2S/c1-15(2)7-6-13-12(18)14-9-4-5-11(17-3)10(16)8-9/h4-5,8,16H,6-7H2,1-3H3,(H2,13,14,18). The summed E-state index contributed by atoms with van der Waals surface area (Å²) in [5.41, 5.74) is 0.718. The summed E-state index contributed by atoms with van der Waals surface area (Å²) >= 11 is 5.14. The van der Waals surface area contributed by atoms with Crippen LogP contribution in [0.3, 0.4) is 0 Å². The van der Waals surface area contributed by atoms with E-state index in [1.807, 2.05) is 14.1 Å². The minimum absolute atomic E-state index is 0.0820. The molecule has 0 spiro atoms. The Bertz CT molecular complexity index is 410. The Balaban J connectivity index is 2.47. The molecular weight excluding hydrogens is 250 g/mol. The van der Waals surface area contributed by atoms with E-state index in [4.69, 9.17) is 17.0 Å². The SMILES string of the molecule is COc1ccc(NC(=S)NCCN(C)C)cc1O. The number of likely N-dealkylation sites (N-methyl/N-ethyl adjacent to an activating group) is 1. The van der Waals surface area contributed by atoms with Crippen LogP contribution in [0, 0.1) is 0 Å². The molecule has 0 bridgehead atoms. The molecular formula is C12H19N3O2S. The van der Waals surface area contributed by atoms with Crippen molar-refractivity contribution in [1.82, 2.24) is 10.2 Å². The number of ether oxygens (including phenoxy) is 1. The number of phenols is 1. The highest BCUT2D eigenvalue weighted by Crippen LogP contribution is 2.28. The van der Waals surface area contributed by atoms with E-state index in [0.717, 1.165) is 18.8 Å². The zero-order chi connectivity index (χ0) is 13.5. The number of rotatable bonds is 5. The Morgan fingerprint density at radius 2 is 2.17 bits per heavy atom. The van der Waals surface area contributed by atoms with Crippen molar-refractivity contribution in [1.29, 1.82) is 0 Å². The van der Waals surface area contributed by atoms with Gasteiger partial charge < -0.3 is 25.4 Å². The molecule has 3 N–H and O–H groups in total. The Morgan fingerprint density at radius 1 is 1.44 bits per heavy atom. The normalized spacial score (nSPS) is 10.2. The van der Waals surface area contributed by atoms with E-state index in [1.54, 1.807) is 18.2 Å². The van der Waals surface area contributed by atoms with Gasteiger partial charge in [0.1, 0.15) is 0 Å². The second kappa shape index (κ2) is 7.03. The first-order valence-corrected chi connectivity index (χ1v) is 6.00. The van der Waals surface area contributed by atoms with Crippen LogP contribution in [0.25, 0.3) is 0 Å². The van der Waals surface area contributed by atoms with E-state index in [1.165, 1.54) is 7.11 Å². The largest absolute Gasteiger partial charge is 0.504 e. The van der Waals surface area contributed by atoms with Crippen molar-refractivity contribution in [2.45, 2.75) is 0 Å². The fourth-order valence-corrected chi connectivity index (χ4v) is 1.56. The molecule has 1 aromatic carbocycles. The van der Waals surface area contributed by atoms with E-state index in [2.05, 4.69) is 15.5 Å². The molecule has 6 heteroatoms. The van der Waals surface area contributed by atoms with Crippen molar-refractivity contribution >= 4 is 23.0 Å². The fraction of sp³-hybridized carbons (Fsp3) is 0.417. The van der Waals surface area contributed by atoms with Gasteiger partial charge in [-0.1, -0.05) is 0 Å². The summed E-state index contributed by atoms with van der Waals surface area (Å²) in [6, 6.07) is 5.04. The summed E-state index contributed by atoms with van der Waals surface area (Å²) in [7, 11) is 5.51. The second-order valence-electron chi connectivity index (χ2n) is 4.07. The van der Waals surface area contributed by atoms with Crippen molar-refractivity contribution < 1.29 is 9.84 Å². The Kier molecular flexibility index (Phi) is 5.67. The molecule has 0 aliphatic rings. The highest BCUT2D eigenvalue weighted by atomic mass is 32.1. The van der Waals surface area contributed by atoms with Crippen LogP contribution in [-0.4, -0.2) is 49.4 Å². The van der Waals surface area contributed by atoms with Gasteiger partial charge in [-0.2, -0.15) is 0 Å². The first kappa shape index (κ1) is 14.5. The lowest BCUT2D eigenvalue weighted by molar-refractivity contribution is 0.373. The van der Waals surface area contributed by atoms with E-state index in [0.29, 0.717) is 10.9 Å². The molecule has 0 aliphatic carbocycles. The zero-order valence-corrected chi connectivity index (χ0v) is 11.7. The van der Waals surface area contributed by atoms with Crippen LogP contribution in [0.4, 0.5) is 5.69 Å². The van der Waals surface area contributed by atoms with Crippen LogP contribution < -0.4 is 15.4 Å². The Morgan fingerprint density at radius 3 is 2.72 bits per heavy atom. The minimum atomic E-state index is 0.0820. The average molecular weight is 269 g/mol. The number of nitrogens with one attached hydrogen (secondary N) is 2. The Labute approximate surface area is 113 Å². The summed E-state index contributed by atoms with van der Waals surface area (Å²) in [6.45, 7) is 1.66. The number of benzene rings is 1. The first-order valence-electron chi connectivity index (χ1n) is 5.59. The molecule has 0 amide bonds. The second-order valence-corrected chi connectivity index (χ2v) is 4.48. The van der Waals surface area contributed by atoms with Gasteiger partial charge in [0.05, 0.1) is 7.11 Å². The lowest BCUT2D eigenvalue weighted by Gasteiger charge is -2.14. The maximum atomic E-state index is 9.62. The van der Waals surface area contributed by atoms with Gasteiger partial charge in [0.15, 0.2) is 16.6 Å². The molecule has 0 saturated heterocycles. The monoisotopic (exact) mass is 269 g/mol. The number of thiocarbonyl (C=S) groups is 1. The molecule has 1 aromatic rings. The van der Waals surface area contributed by atoms with Gasteiger partial charge in [0, 0.05) is 24.8 Å². The smallest absolute Gasteiger partial charge is 0.170 e. The van der Waals surface area contributed by atoms with Crippen LogP contribution in [-0.2, 0) is 0 Å². The number of methoxy groups -OCH3 is 1. The molecule has 0 saturated carbocycles. The molecule has 0 aliphatic heterocycles. The fourth-order valence-electron chi connectivity index (χ4n) is 1.34. The minimum Gasteiger partial charge on any atom is -0.504 e. The van der Waals surface area contributed by atoms with Gasteiger partial charge in [0.2, 0.25) is 0 Å². The average Bonchev–Trinajstić information content (AvgIpc) is 2.28. The molecule has 100 valence electrons. The number of aromatic hydroxyl groups is 1. The van der Waals surface area contributed by atoms with Crippen molar-refractivity contribution in [3.63, 3.8) is 0 Å². The summed E-state index contributed by atoms with van der Waals surface area (Å²) < 4.78 is 4.96. The summed E-state index contributed by atoms with van der Waals surface area (Å²) in [5.74, 6) is 0.519. The summed E-state index contributed by atoms with van der Waals surface area (Å²) in [5, 5.41) is 16.2. The molecule has 0 atom stereocenters. The third-order valence-electron chi connectivity index (χ3n) is 2.28. The molecule has 5 nitrogen and oxygen atoms in total. The van der Waals surface area contributed by atoms with E-state index in [9.17, 15) is 5.11 Å². The lowest BCUT2D eigenvalue weighted by Crippen LogP contribution is -2.34. The van der Waals surface area contributed by atoms with Crippen LogP contribution in [0.5, 0.6) is 11.5 Å². The van der Waals surface area contributed by atoms with Gasteiger partial charge in [-0.15, -0.1) is 0 Å². The molecule has 0 unspecified atom stereocenters. The van der Waals surface area contributed by atoms with Gasteiger partial charge in [0.25, 0.3) is 0 Å². The number of nitrogens with zero attached hydrogens (tertiary/aromatic N) is 1. The van der Waals surface area contributed by atoms with Gasteiger partial charge in [-0.25, -0.2) is 0 Å². The molecule has 18 heavy (non-hydrogen) atoms. The third kappa shape index (κ3) is 4.77. The summed E-state index contributed by atoms with van der Waals surface area (Å²) in [4.78, 5) is 2.06. The van der Waals surface area contributed by atoms with Crippen LogP contribution >= 0.6 is 12.2 Å². The molecule has 1 rings (SSSR count). The zero-order valence-electron chi connectivity index (χ0n) is 10.9. The third-order valence-corrected chi connectivity index (χ3v) is 2.53. The van der Waals surface area contributed by atoms with E-state index < -0.39 is 0 Å². The first-order chi connectivity index (χ1) is 8.52. The highest BCUT2D eigenvalue weighted by molar-refractivity contribution is 7.80. The number of anilines is 1. The van der Waals surface area contributed by atoms with Crippen molar-refractivity contribution in [3.8, 4) is 11.5 Å². The number of hydrogen-bond acceptors (Lipinski definition) is 4. The van der Waals surface area contributed by atoms with Crippen LogP contribution in [0.2, 0.25) is 0 Å². The molecule has 0 aromatic heterocycles. The Hall–Kier alpha value is -1.53. The summed E-state index contributed by atoms with van der Waals surface area (Å²) in [6.07, 6.45) is 0. The van der Waals surface area contributed by atoms with E-state index in [-0.39, 0.29) is 5.75 Å². The molecule has 0 radical (unpaired) electrons. The predicted octanol–water partition coefficient (Wildman–Crippen LogP) is 1.25.